The number of para-hydroxylation sites is 1. The van der Waals surface area contributed by atoms with E-state index in [1.165, 1.54) is 16.8 Å². The zero-order chi connectivity index (χ0) is 19.2. The summed E-state index contributed by atoms with van der Waals surface area (Å²) in [5.41, 5.74) is 2.88. The maximum absolute atomic E-state index is 12.5. The van der Waals surface area contributed by atoms with Crippen molar-refractivity contribution in [3.8, 4) is 11.3 Å². The average molecular weight is 405 g/mol. The summed E-state index contributed by atoms with van der Waals surface area (Å²) < 4.78 is 39.9. The topological polar surface area (TPSA) is 84.6 Å². The lowest BCUT2D eigenvalue weighted by Gasteiger charge is -2.24. The van der Waals surface area contributed by atoms with E-state index < -0.39 is 20.8 Å². The summed E-state index contributed by atoms with van der Waals surface area (Å²) in [7, 11) is -4.73. The minimum atomic E-state index is -3.42. The Morgan fingerprint density at radius 2 is 1.96 bits per heavy atom. The van der Waals surface area contributed by atoms with Crippen molar-refractivity contribution >= 4 is 32.0 Å². The summed E-state index contributed by atoms with van der Waals surface area (Å²) in [5, 5.41) is 4.62. The highest BCUT2D eigenvalue weighted by molar-refractivity contribution is 7.92. The second-order valence-corrected chi connectivity index (χ2v) is 9.98. The van der Waals surface area contributed by atoms with Gasteiger partial charge < -0.3 is 0 Å². The number of nitrogens with zero attached hydrogens (tertiary/aromatic N) is 4. The van der Waals surface area contributed by atoms with Crippen molar-refractivity contribution in [2.45, 2.75) is 18.0 Å². The van der Waals surface area contributed by atoms with E-state index in [-0.39, 0.29) is 5.16 Å². The van der Waals surface area contributed by atoms with Crippen LogP contribution in [0.2, 0.25) is 0 Å². The van der Waals surface area contributed by atoms with Gasteiger partial charge in [0.1, 0.15) is 0 Å². The molecule has 0 radical (unpaired) electrons. The van der Waals surface area contributed by atoms with Crippen LogP contribution in [0.4, 0.5) is 5.69 Å². The van der Waals surface area contributed by atoms with Gasteiger partial charge in [0.2, 0.25) is 15.2 Å². The van der Waals surface area contributed by atoms with Crippen LogP contribution in [0.1, 0.15) is 12.8 Å². The number of hydrogen-bond donors (Lipinski definition) is 0. The molecule has 0 amide bonds. The molecule has 142 valence electrons. The third-order valence-corrected chi connectivity index (χ3v) is 6.45. The average Bonchev–Trinajstić information content (AvgIpc) is 3.35. The number of rotatable bonds is 6. The highest BCUT2D eigenvalue weighted by Crippen LogP contribution is 2.37. The van der Waals surface area contributed by atoms with Crippen LogP contribution < -0.4 is 4.31 Å². The second kappa shape index (κ2) is 6.72. The maximum atomic E-state index is 12.5. The largest absolute Gasteiger partial charge is 0.270 e. The van der Waals surface area contributed by atoms with E-state index in [0.717, 1.165) is 29.6 Å². The van der Waals surface area contributed by atoms with Gasteiger partial charge in [0.05, 0.1) is 40.2 Å². The van der Waals surface area contributed by atoms with Gasteiger partial charge >= 0.3 is 0 Å². The Bertz CT molecular complexity index is 1140. The van der Waals surface area contributed by atoms with Gasteiger partial charge in [0, 0.05) is 18.4 Å². The molecule has 0 spiro atoms. The smallest absolute Gasteiger partial charge is 0.237 e. The fraction of sp³-hybridized carbons (Fsp3) is 0.333. The summed E-state index contributed by atoms with van der Waals surface area (Å²) in [6, 6.07) is 11.1. The number of aromatic nitrogens is 3. The molecule has 1 aliphatic carbocycles. The monoisotopic (exact) mass is 404 g/mol. The van der Waals surface area contributed by atoms with Crippen molar-refractivity contribution in [3.05, 3.63) is 42.6 Å². The van der Waals surface area contributed by atoms with Gasteiger partial charge in [-0.1, -0.05) is 18.2 Å². The molecule has 0 N–H and O–H groups in total. The van der Waals surface area contributed by atoms with Gasteiger partial charge in [-0.05, 0) is 37.0 Å². The Morgan fingerprint density at radius 3 is 2.63 bits per heavy atom. The van der Waals surface area contributed by atoms with Gasteiger partial charge in [-0.2, -0.15) is 0 Å². The fourth-order valence-electron chi connectivity index (χ4n) is 3.08. The van der Waals surface area contributed by atoms with Crippen molar-refractivity contribution in [1.29, 1.82) is 0 Å². The van der Waals surface area contributed by atoms with Gasteiger partial charge in [-0.15, -0.1) is 5.10 Å². The summed E-state index contributed by atoms with van der Waals surface area (Å²) in [6.07, 6.45) is 6.50. The predicted octanol–water partition coefficient (Wildman–Crippen LogP) is 2.31. The number of anilines is 1. The molecule has 2 aromatic heterocycles. The molecule has 1 aliphatic rings. The lowest BCUT2D eigenvalue weighted by atomic mass is 10.1. The minimum Gasteiger partial charge on any atom is -0.270 e. The van der Waals surface area contributed by atoms with E-state index in [4.69, 9.17) is 0 Å². The molecule has 3 aromatic rings. The highest BCUT2D eigenvalue weighted by Gasteiger charge is 2.30. The third-order valence-electron chi connectivity index (χ3n) is 4.60. The number of sulfonamides is 1. The SMILES string of the molecule is CS(=O)c1ncc2ccc(-c3ccccc3N(CC3CC3)S(C)(=O)=O)n2n1. The van der Waals surface area contributed by atoms with Crippen LogP contribution >= 0.6 is 0 Å². The highest BCUT2D eigenvalue weighted by atomic mass is 32.2. The van der Waals surface area contributed by atoms with Crippen molar-refractivity contribution in [2.24, 2.45) is 5.92 Å². The van der Waals surface area contributed by atoms with Gasteiger partial charge in [0.25, 0.3) is 0 Å². The standard InChI is InChI=1S/C18H20N4O3S2/c1-26(23)18-19-11-14-9-10-17(22(14)20-18)15-5-3-4-6-16(15)21(27(2,24)25)12-13-7-8-13/h3-6,9-11,13H,7-8,12H2,1-2H3. The van der Waals surface area contributed by atoms with E-state index in [2.05, 4.69) is 10.1 Å². The van der Waals surface area contributed by atoms with E-state index in [9.17, 15) is 12.6 Å². The molecule has 9 heteroatoms. The molecular formula is C18H20N4O3S2. The Hall–Kier alpha value is -2.26. The quantitative estimate of drug-likeness (QED) is 0.629. The molecule has 0 bridgehead atoms. The third kappa shape index (κ3) is 3.61. The number of hydrogen-bond acceptors (Lipinski definition) is 5. The van der Waals surface area contributed by atoms with Crippen molar-refractivity contribution < 1.29 is 12.6 Å². The molecule has 1 fully saturated rings. The molecule has 1 unspecified atom stereocenters. The van der Waals surface area contributed by atoms with Crippen LogP contribution in [0.3, 0.4) is 0 Å². The van der Waals surface area contributed by atoms with Crippen LogP contribution in [0.25, 0.3) is 16.8 Å². The summed E-state index contributed by atoms with van der Waals surface area (Å²) in [6.45, 7) is 0.484. The molecule has 1 aromatic carbocycles. The molecule has 1 saturated carbocycles. The normalized spacial score (nSPS) is 15.8. The molecule has 2 heterocycles. The Morgan fingerprint density at radius 1 is 1.22 bits per heavy atom. The van der Waals surface area contributed by atoms with Crippen LogP contribution in [-0.2, 0) is 20.8 Å². The molecule has 4 rings (SSSR count). The van der Waals surface area contributed by atoms with Crippen LogP contribution in [0, 0.1) is 5.92 Å². The first kappa shape index (κ1) is 18.1. The molecule has 0 saturated heterocycles. The molecule has 7 nitrogen and oxygen atoms in total. The summed E-state index contributed by atoms with van der Waals surface area (Å²) >= 11 is 0. The van der Waals surface area contributed by atoms with Crippen molar-refractivity contribution in [1.82, 2.24) is 14.6 Å². The molecular weight excluding hydrogens is 384 g/mol. The maximum Gasteiger partial charge on any atom is 0.237 e. The first-order valence-corrected chi connectivity index (χ1v) is 12.0. The van der Waals surface area contributed by atoms with Crippen molar-refractivity contribution in [2.75, 3.05) is 23.4 Å². The molecule has 1 atom stereocenters. The Balaban J connectivity index is 1.89. The lowest BCUT2D eigenvalue weighted by molar-refractivity contribution is 0.594. The van der Waals surface area contributed by atoms with E-state index in [0.29, 0.717) is 18.2 Å². The number of benzene rings is 1. The Labute approximate surface area is 160 Å². The molecule has 27 heavy (non-hydrogen) atoms. The van der Waals surface area contributed by atoms with Crippen molar-refractivity contribution in [3.63, 3.8) is 0 Å². The number of fused-ring (bicyclic) bond motifs is 1. The molecule has 0 aliphatic heterocycles. The summed E-state index contributed by atoms with van der Waals surface area (Å²) in [4.78, 5) is 4.12. The fourth-order valence-corrected chi connectivity index (χ4v) is 4.47. The second-order valence-electron chi connectivity index (χ2n) is 6.80. The van der Waals surface area contributed by atoms with E-state index in [1.807, 2.05) is 36.4 Å². The first-order chi connectivity index (χ1) is 12.8. The zero-order valence-corrected chi connectivity index (χ0v) is 16.7. The van der Waals surface area contributed by atoms with Crippen LogP contribution in [0.5, 0.6) is 0 Å². The van der Waals surface area contributed by atoms with Crippen LogP contribution in [0.15, 0.2) is 47.8 Å². The van der Waals surface area contributed by atoms with Gasteiger partial charge in [-0.25, -0.2) is 17.9 Å². The van der Waals surface area contributed by atoms with E-state index in [1.54, 1.807) is 10.7 Å². The van der Waals surface area contributed by atoms with Gasteiger partial charge in [-0.3, -0.25) is 8.51 Å². The zero-order valence-electron chi connectivity index (χ0n) is 15.1. The predicted molar refractivity (Wildman–Crippen MR) is 106 cm³/mol. The first-order valence-electron chi connectivity index (χ1n) is 8.60. The Kier molecular flexibility index (Phi) is 4.51. The van der Waals surface area contributed by atoms with Gasteiger partial charge in [0.15, 0.2) is 0 Å². The minimum absolute atomic E-state index is 0.232. The van der Waals surface area contributed by atoms with E-state index >= 15 is 0 Å². The summed E-state index contributed by atoms with van der Waals surface area (Å²) in [5.74, 6) is 0.410. The van der Waals surface area contributed by atoms with Crippen LogP contribution in [-0.4, -0.2) is 46.3 Å². The lowest BCUT2D eigenvalue weighted by Crippen LogP contribution is -2.32.